The number of esters is 1. The number of methoxy groups -OCH3 is 1. The summed E-state index contributed by atoms with van der Waals surface area (Å²) in [7, 11) is 1.12. The second kappa shape index (κ2) is 8.91. The summed E-state index contributed by atoms with van der Waals surface area (Å²) in [5.41, 5.74) is -2.96. The number of alkyl halides is 3. The minimum Gasteiger partial charge on any atom is -0.598 e. The third kappa shape index (κ3) is 5.30. The maximum absolute atomic E-state index is 14.8. The number of aromatic nitrogens is 1. The summed E-state index contributed by atoms with van der Waals surface area (Å²) < 4.78 is 73.5. The molecule has 2 rings (SSSR count). The van der Waals surface area contributed by atoms with E-state index in [0.29, 0.717) is 0 Å². The molecule has 1 aromatic carbocycles. The number of nitrogens with one attached hydrogen (secondary N) is 1. The highest BCUT2D eigenvalue weighted by Crippen LogP contribution is 2.38. The fraction of sp³-hybridized carbons (Fsp3) is 0.400. The fourth-order valence-corrected chi connectivity index (χ4v) is 3.62. The molecule has 0 aliphatic carbocycles. The quantitative estimate of drug-likeness (QED) is 0.411. The smallest absolute Gasteiger partial charge is 0.416 e. The number of rotatable bonds is 6. The molecule has 0 unspecified atom stereocenters. The Kier molecular flexibility index (Phi) is 7.16. The molecule has 0 bridgehead atoms. The van der Waals surface area contributed by atoms with Crippen LogP contribution in [0.4, 0.5) is 17.6 Å². The molecule has 0 aliphatic heterocycles. The van der Waals surface area contributed by atoms with Gasteiger partial charge in [0.25, 0.3) is 0 Å². The van der Waals surface area contributed by atoms with Crippen LogP contribution in [0, 0.1) is 5.82 Å². The highest BCUT2D eigenvalue weighted by Gasteiger charge is 2.47. The Morgan fingerprint density at radius 3 is 2.17 bits per heavy atom. The Bertz CT molecular complexity index is 885. The zero-order valence-electron chi connectivity index (χ0n) is 16.8. The van der Waals surface area contributed by atoms with Crippen molar-refractivity contribution in [3.8, 4) is 0 Å². The predicted octanol–water partition coefficient (Wildman–Crippen LogP) is 4.10. The topological polar surface area (TPSA) is 74.3 Å². The summed E-state index contributed by atoms with van der Waals surface area (Å²) in [6.45, 7) is 4.96. The Hall–Kier alpha value is -2.17. The lowest BCUT2D eigenvalue weighted by atomic mass is 9.83. The summed E-state index contributed by atoms with van der Waals surface area (Å²) in [4.78, 5) is 16.3. The number of pyridine rings is 1. The van der Waals surface area contributed by atoms with Crippen molar-refractivity contribution in [2.75, 3.05) is 7.11 Å². The van der Waals surface area contributed by atoms with Crippen LogP contribution in [-0.4, -0.2) is 27.4 Å². The zero-order chi connectivity index (χ0) is 22.7. The molecule has 164 valence electrons. The molecule has 0 spiro atoms. The molecule has 1 heterocycles. The molecule has 0 saturated heterocycles. The van der Waals surface area contributed by atoms with Gasteiger partial charge < -0.3 is 9.29 Å². The molecular formula is C20H22F4N2O3S. The number of ether oxygens (including phenoxy) is 1. The molecule has 2 atom stereocenters. The third-order valence-corrected chi connectivity index (χ3v) is 5.97. The minimum absolute atomic E-state index is 0.0797. The van der Waals surface area contributed by atoms with Gasteiger partial charge in [0.1, 0.15) is 21.8 Å². The summed E-state index contributed by atoms with van der Waals surface area (Å²) in [6, 6.07) is 6.25. The van der Waals surface area contributed by atoms with Gasteiger partial charge in [0.05, 0.1) is 19.1 Å². The van der Waals surface area contributed by atoms with E-state index in [1.165, 1.54) is 12.3 Å². The highest BCUT2D eigenvalue weighted by molar-refractivity contribution is 7.90. The normalized spacial score (nSPS) is 15.4. The van der Waals surface area contributed by atoms with Gasteiger partial charge in [-0.1, -0.05) is 12.1 Å². The Morgan fingerprint density at radius 1 is 1.13 bits per heavy atom. The molecule has 0 radical (unpaired) electrons. The van der Waals surface area contributed by atoms with Crippen LogP contribution in [0.25, 0.3) is 0 Å². The number of nitrogens with zero attached hydrogens (tertiary/aromatic N) is 1. The first-order valence-electron chi connectivity index (χ1n) is 8.86. The fourth-order valence-electron chi connectivity index (χ4n) is 2.71. The Morgan fingerprint density at radius 2 is 1.70 bits per heavy atom. The second-order valence-corrected chi connectivity index (χ2v) is 9.52. The first kappa shape index (κ1) is 24.1. The van der Waals surface area contributed by atoms with Gasteiger partial charge in [0.2, 0.25) is 0 Å². The van der Waals surface area contributed by atoms with Crippen LogP contribution in [0.2, 0.25) is 0 Å². The SMILES string of the molecule is COC(=O)C[C@](N[S@+]([O-])C(C)(C)C)(c1ccc(C(F)(F)F)cc1)c1ncccc1F. The maximum atomic E-state index is 14.8. The monoisotopic (exact) mass is 446 g/mol. The molecule has 0 saturated carbocycles. The molecule has 5 nitrogen and oxygen atoms in total. The summed E-state index contributed by atoms with van der Waals surface area (Å²) >= 11 is -1.84. The van der Waals surface area contributed by atoms with Crippen molar-refractivity contribution in [2.24, 2.45) is 0 Å². The van der Waals surface area contributed by atoms with E-state index in [1.807, 2.05) is 0 Å². The van der Waals surface area contributed by atoms with Gasteiger partial charge in [-0.15, -0.1) is 4.72 Å². The third-order valence-electron chi connectivity index (χ3n) is 4.33. The molecule has 1 aromatic heterocycles. The lowest BCUT2D eigenvalue weighted by molar-refractivity contribution is -0.142. The largest absolute Gasteiger partial charge is 0.598 e. The summed E-state index contributed by atoms with van der Waals surface area (Å²) in [6.07, 6.45) is -3.86. The number of benzene rings is 1. The van der Waals surface area contributed by atoms with Crippen LogP contribution in [0.1, 0.15) is 44.0 Å². The van der Waals surface area contributed by atoms with Gasteiger partial charge in [0.15, 0.2) is 0 Å². The van der Waals surface area contributed by atoms with E-state index in [1.54, 1.807) is 20.8 Å². The van der Waals surface area contributed by atoms with Crippen molar-refractivity contribution in [1.29, 1.82) is 0 Å². The van der Waals surface area contributed by atoms with Crippen molar-refractivity contribution >= 4 is 17.3 Å². The van der Waals surface area contributed by atoms with Gasteiger partial charge in [-0.3, -0.25) is 9.78 Å². The van der Waals surface area contributed by atoms with E-state index in [-0.39, 0.29) is 11.3 Å². The molecule has 0 fully saturated rings. The molecule has 10 heteroatoms. The second-order valence-electron chi connectivity index (χ2n) is 7.55. The lowest BCUT2D eigenvalue weighted by Crippen LogP contribution is -2.54. The number of hydrogen-bond acceptors (Lipinski definition) is 5. The van der Waals surface area contributed by atoms with E-state index in [4.69, 9.17) is 4.74 Å². The number of halogens is 4. The molecule has 0 amide bonds. The standard InChI is InChI=1S/C20H22F4N2O3S/c1-18(2,3)30(28)26-19(12-16(27)29-4,17-15(21)6-5-11-25-17)13-7-9-14(10-8-13)20(22,23)24/h5-11,26H,12H2,1-4H3/t19-,30+/m0/s1. The summed E-state index contributed by atoms with van der Waals surface area (Å²) in [5, 5.41) is 0. The number of carbonyl (C=O) groups is 1. The number of hydrogen-bond donors (Lipinski definition) is 1. The van der Waals surface area contributed by atoms with Crippen LogP contribution in [0.15, 0.2) is 42.6 Å². The average Bonchev–Trinajstić information content (AvgIpc) is 2.66. The van der Waals surface area contributed by atoms with Gasteiger partial charge in [-0.05, 0) is 50.6 Å². The van der Waals surface area contributed by atoms with Crippen molar-refractivity contribution in [3.63, 3.8) is 0 Å². The first-order chi connectivity index (χ1) is 13.8. The van der Waals surface area contributed by atoms with Gasteiger partial charge >= 0.3 is 12.1 Å². The van der Waals surface area contributed by atoms with Crippen LogP contribution in [0.3, 0.4) is 0 Å². The maximum Gasteiger partial charge on any atom is 0.416 e. The Labute approximate surface area is 175 Å². The van der Waals surface area contributed by atoms with Gasteiger partial charge in [-0.2, -0.15) is 13.2 Å². The predicted molar refractivity (Wildman–Crippen MR) is 104 cm³/mol. The van der Waals surface area contributed by atoms with Gasteiger partial charge in [-0.25, -0.2) is 4.39 Å². The van der Waals surface area contributed by atoms with E-state index < -0.39 is 51.6 Å². The van der Waals surface area contributed by atoms with E-state index >= 15 is 0 Å². The minimum atomic E-state index is -4.58. The average molecular weight is 446 g/mol. The van der Waals surface area contributed by atoms with Crippen molar-refractivity contribution < 1.29 is 31.6 Å². The van der Waals surface area contributed by atoms with Crippen molar-refractivity contribution in [3.05, 3.63) is 65.2 Å². The van der Waals surface area contributed by atoms with Gasteiger partial charge in [0, 0.05) is 17.6 Å². The van der Waals surface area contributed by atoms with Crippen molar-refractivity contribution in [1.82, 2.24) is 9.71 Å². The van der Waals surface area contributed by atoms with Crippen LogP contribution in [0.5, 0.6) is 0 Å². The van der Waals surface area contributed by atoms with E-state index in [0.717, 1.165) is 37.4 Å². The van der Waals surface area contributed by atoms with Crippen molar-refractivity contribution in [2.45, 2.75) is 43.7 Å². The van der Waals surface area contributed by atoms with Crippen LogP contribution < -0.4 is 4.72 Å². The zero-order valence-corrected chi connectivity index (χ0v) is 17.7. The van der Waals surface area contributed by atoms with E-state index in [9.17, 15) is 26.9 Å². The van der Waals surface area contributed by atoms with E-state index in [2.05, 4.69) is 9.71 Å². The highest BCUT2D eigenvalue weighted by atomic mass is 32.2. The van der Waals surface area contributed by atoms with Crippen LogP contribution >= 0.6 is 0 Å². The molecule has 2 aromatic rings. The molecular weight excluding hydrogens is 424 g/mol. The number of carbonyl (C=O) groups excluding carboxylic acids is 1. The molecule has 0 aliphatic rings. The lowest BCUT2D eigenvalue weighted by Gasteiger charge is -2.37. The van der Waals surface area contributed by atoms with Crippen LogP contribution in [-0.2, 0) is 32.6 Å². The summed E-state index contributed by atoms with van der Waals surface area (Å²) in [5.74, 6) is -1.61. The molecule has 30 heavy (non-hydrogen) atoms. The Balaban J connectivity index is 2.75. The molecule has 1 N–H and O–H groups in total. The first-order valence-corrected chi connectivity index (χ1v) is 10.0.